The predicted molar refractivity (Wildman–Crippen MR) is 66.8 cm³/mol. The van der Waals surface area contributed by atoms with Crippen molar-refractivity contribution in [1.29, 1.82) is 0 Å². The van der Waals surface area contributed by atoms with Crippen molar-refractivity contribution in [2.45, 2.75) is 32.7 Å². The second-order valence-electron chi connectivity index (χ2n) is 5.86. The molecular formula is C12H21NO2S. The number of hydrogen-bond donors (Lipinski definition) is 1. The third-order valence-electron chi connectivity index (χ3n) is 3.68. The molecule has 2 unspecified atom stereocenters. The summed E-state index contributed by atoms with van der Waals surface area (Å²) in [6.45, 7) is 6.36. The summed E-state index contributed by atoms with van der Waals surface area (Å²) in [5, 5.41) is 9.00. The van der Waals surface area contributed by atoms with Gasteiger partial charge in [0.25, 0.3) is 0 Å². The van der Waals surface area contributed by atoms with Gasteiger partial charge in [0.05, 0.1) is 5.92 Å². The average molecular weight is 243 g/mol. The highest BCUT2D eigenvalue weighted by Gasteiger charge is 2.36. The van der Waals surface area contributed by atoms with Gasteiger partial charge >= 0.3 is 5.97 Å². The second-order valence-corrected chi connectivity index (χ2v) is 6.89. The van der Waals surface area contributed by atoms with Gasteiger partial charge in [0, 0.05) is 18.3 Å². The van der Waals surface area contributed by atoms with Gasteiger partial charge in [-0.3, -0.25) is 9.69 Å². The molecule has 2 rings (SSSR count). The van der Waals surface area contributed by atoms with Gasteiger partial charge in [-0.1, -0.05) is 13.8 Å². The summed E-state index contributed by atoms with van der Waals surface area (Å²) >= 11 is 2.02. The lowest BCUT2D eigenvalue weighted by Crippen LogP contribution is -2.42. The summed E-state index contributed by atoms with van der Waals surface area (Å²) in [6.07, 6.45) is 2.04. The van der Waals surface area contributed by atoms with Crippen LogP contribution in [0.1, 0.15) is 26.7 Å². The molecule has 2 atom stereocenters. The highest BCUT2D eigenvalue weighted by atomic mass is 32.2. The van der Waals surface area contributed by atoms with E-state index in [-0.39, 0.29) is 5.92 Å². The molecule has 1 N–H and O–H groups in total. The summed E-state index contributed by atoms with van der Waals surface area (Å²) in [5.41, 5.74) is 0.412. The Hall–Kier alpha value is -0.220. The summed E-state index contributed by atoms with van der Waals surface area (Å²) in [4.78, 5) is 13.3. The lowest BCUT2D eigenvalue weighted by molar-refractivity contribution is -0.141. The summed E-state index contributed by atoms with van der Waals surface area (Å²) in [7, 11) is 0. The molecule has 0 aromatic rings. The molecule has 2 aliphatic rings. The van der Waals surface area contributed by atoms with Crippen LogP contribution >= 0.6 is 11.8 Å². The molecule has 92 valence electrons. The average Bonchev–Trinajstić information content (AvgIpc) is 2.64. The van der Waals surface area contributed by atoms with Crippen molar-refractivity contribution in [2.75, 3.05) is 24.6 Å². The molecule has 2 fully saturated rings. The fourth-order valence-electron chi connectivity index (χ4n) is 2.78. The molecular weight excluding hydrogens is 222 g/mol. The molecule has 4 heteroatoms. The smallest absolute Gasteiger partial charge is 0.307 e. The van der Waals surface area contributed by atoms with Gasteiger partial charge in [0.1, 0.15) is 0 Å². The van der Waals surface area contributed by atoms with Crippen molar-refractivity contribution in [3.05, 3.63) is 0 Å². The van der Waals surface area contributed by atoms with E-state index in [1.807, 2.05) is 11.8 Å². The van der Waals surface area contributed by atoms with Crippen molar-refractivity contribution >= 4 is 17.7 Å². The van der Waals surface area contributed by atoms with Crippen LogP contribution in [0.15, 0.2) is 0 Å². The minimum absolute atomic E-state index is 0.130. The van der Waals surface area contributed by atoms with Gasteiger partial charge in [-0.15, -0.1) is 0 Å². The zero-order valence-corrected chi connectivity index (χ0v) is 10.9. The van der Waals surface area contributed by atoms with E-state index < -0.39 is 5.97 Å². The monoisotopic (exact) mass is 243 g/mol. The molecule has 0 aliphatic carbocycles. The number of hydrogen-bond acceptors (Lipinski definition) is 3. The number of carboxylic acid groups (broad SMARTS) is 1. The lowest BCUT2D eigenvalue weighted by Gasteiger charge is -2.39. The standard InChI is InChI=1S/C12H21NO2S/c1-12(2)5-10(7-16-8-12)13-4-3-9(6-13)11(14)15/h9-10H,3-8H2,1-2H3,(H,14,15). The number of carbonyl (C=O) groups is 1. The molecule has 0 saturated carbocycles. The second kappa shape index (κ2) is 4.57. The van der Waals surface area contributed by atoms with Crippen LogP contribution in [0.5, 0.6) is 0 Å². The van der Waals surface area contributed by atoms with Crippen molar-refractivity contribution in [3.8, 4) is 0 Å². The first-order valence-corrected chi connectivity index (χ1v) is 7.18. The highest BCUT2D eigenvalue weighted by molar-refractivity contribution is 7.99. The van der Waals surface area contributed by atoms with E-state index in [0.29, 0.717) is 11.5 Å². The third kappa shape index (κ3) is 2.72. The maximum atomic E-state index is 10.9. The highest BCUT2D eigenvalue weighted by Crippen LogP contribution is 2.37. The number of nitrogens with zero attached hydrogens (tertiary/aromatic N) is 1. The van der Waals surface area contributed by atoms with E-state index in [1.165, 1.54) is 17.9 Å². The predicted octanol–water partition coefficient (Wildman–Crippen LogP) is 1.92. The van der Waals surface area contributed by atoms with E-state index in [1.54, 1.807) is 0 Å². The number of aliphatic carboxylic acids is 1. The number of likely N-dealkylation sites (tertiary alicyclic amines) is 1. The van der Waals surface area contributed by atoms with Crippen LogP contribution in [0.3, 0.4) is 0 Å². The largest absolute Gasteiger partial charge is 0.481 e. The minimum atomic E-state index is -0.620. The zero-order valence-electron chi connectivity index (χ0n) is 10.1. The molecule has 2 saturated heterocycles. The topological polar surface area (TPSA) is 40.5 Å². The molecule has 0 aromatic carbocycles. The first-order valence-electron chi connectivity index (χ1n) is 6.02. The lowest BCUT2D eigenvalue weighted by atomic mass is 9.87. The Labute approximate surface area is 102 Å². The minimum Gasteiger partial charge on any atom is -0.481 e. The van der Waals surface area contributed by atoms with Gasteiger partial charge in [0.2, 0.25) is 0 Å². The van der Waals surface area contributed by atoms with E-state index in [2.05, 4.69) is 18.7 Å². The van der Waals surface area contributed by atoms with Crippen LogP contribution in [0.4, 0.5) is 0 Å². The Bertz CT molecular complexity index is 280. The SMILES string of the molecule is CC1(C)CSCC(N2CCC(C(=O)O)C2)C1. The van der Waals surface area contributed by atoms with Crippen molar-refractivity contribution in [1.82, 2.24) is 4.90 Å². The van der Waals surface area contributed by atoms with Crippen LogP contribution in [0, 0.1) is 11.3 Å². The van der Waals surface area contributed by atoms with Crippen LogP contribution in [-0.4, -0.2) is 46.6 Å². The van der Waals surface area contributed by atoms with E-state index in [4.69, 9.17) is 5.11 Å². The molecule has 16 heavy (non-hydrogen) atoms. The maximum absolute atomic E-state index is 10.9. The fourth-order valence-corrected chi connectivity index (χ4v) is 4.17. The van der Waals surface area contributed by atoms with Gasteiger partial charge < -0.3 is 5.11 Å². The Morgan fingerprint density at radius 3 is 2.81 bits per heavy atom. The molecule has 2 heterocycles. The summed E-state index contributed by atoms with van der Waals surface area (Å²) < 4.78 is 0. The number of carboxylic acids is 1. The van der Waals surface area contributed by atoms with E-state index >= 15 is 0 Å². The Kier molecular flexibility index (Phi) is 3.50. The molecule has 0 amide bonds. The molecule has 0 bridgehead atoms. The van der Waals surface area contributed by atoms with Gasteiger partial charge in [-0.05, 0) is 30.6 Å². The third-order valence-corrected chi connectivity index (χ3v) is 5.28. The van der Waals surface area contributed by atoms with Crippen LogP contribution in [0.2, 0.25) is 0 Å². The van der Waals surface area contributed by atoms with E-state index in [9.17, 15) is 4.79 Å². The molecule has 3 nitrogen and oxygen atoms in total. The zero-order chi connectivity index (χ0) is 11.8. The van der Waals surface area contributed by atoms with Crippen LogP contribution in [0.25, 0.3) is 0 Å². The van der Waals surface area contributed by atoms with E-state index in [0.717, 1.165) is 19.5 Å². The Balaban J connectivity index is 1.91. The van der Waals surface area contributed by atoms with Crippen LogP contribution < -0.4 is 0 Å². The molecule has 0 aromatic heterocycles. The maximum Gasteiger partial charge on any atom is 0.307 e. The van der Waals surface area contributed by atoms with Crippen LogP contribution in [-0.2, 0) is 4.79 Å². The quantitative estimate of drug-likeness (QED) is 0.804. The normalized spacial score (nSPS) is 35.1. The van der Waals surface area contributed by atoms with Crippen molar-refractivity contribution < 1.29 is 9.90 Å². The Morgan fingerprint density at radius 2 is 2.25 bits per heavy atom. The Morgan fingerprint density at radius 1 is 1.50 bits per heavy atom. The number of rotatable bonds is 2. The number of thioether (sulfide) groups is 1. The fraction of sp³-hybridized carbons (Fsp3) is 0.917. The first-order chi connectivity index (χ1) is 7.48. The van der Waals surface area contributed by atoms with Gasteiger partial charge in [-0.25, -0.2) is 0 Å². The summed E-state index contributed by atoms with van der Waals surface area (Å²) in [5.74, 6) is 1.66. The van der Waals surface area contributed by atoms with Gasteiger partial charge in [0.15, 0.2) is 0 Å². The van der Waals surface area contributed by atoms with Gasteiger partial charge in [-0.2, -0.15) is 11.8 Å². The molecule has 0 spiro atoms. The molecule has 2 aliphatic heterocycles. The first kappa shape index (κ1) is 12.2. The summed E-state index contributed by atoms with van der Waals surface area (Å²) in [6, 6.07) is 0.595. The van der Waals surface area contributed by atoms with Crippen molar-refractivity contribution in [3.63, 3.8) is 0 Å². The van der Waals surface area contributed by atoms with Crippen molar-refractivity contribution in [2.24, 2.45) is 11.3 Å². The molecule has 0 radical (unpaired) electrons.